The Hall–Kier alpha value is -3.64. The number of fused-ring (bicyclic) bond motifs is 9. The number of alkyl halides is 3. The van der Waals surface area contributed by atoms with Crippen molar-refractivity contribution in [3.63, 3.8) is 0 Å². The van der Waals surface area contributed by atoms with E-state index in [1.54, 1.807) is 14.0 Å². The predicted molar refractivity (Wildman–Crippen MR) is 187 cm³/mol. The number of carbonyl (C=O) groups is 2. The molecule has 2 bridgehead atoms. The van der Waals surface area contributed by atoms with Crippen LogP contribution in [0, 0.1) is 32.1 Å². The molecular formula is C35H39Cl3N4O9. The molecular weight excluding hydrogens is 727 g/mol. The topological polar surface area (TPSA) is 141 Å². The van der Waals surface area contributed by atoms with Crippen LogP contribution in [0.2, 0.25) is 0 Å². The fourth-order valence-corrected chi connectivity index (χ4v) is 8.10. The number of nitriles is 1. The number of hydrogen-bond donors (Lipinski definition) is 1. The zero-order chi connectivity index (χ0) is 36.8. The molecule has 1 fully saturated rings. The van der Waals surface area contributed by atoms with Crippen molar-refractivity contribution in [3.05, 3.63) is 57.7 Å². The van der Waals surface area contributed by atoms with Gasteiger partial charge in [-0.2, -0.15) is 5.26 Å². The van der Waals surface area contributed by atoms with Crippen LogP contribution in [0.1, 0.15) is 51.0 Å². The molecule has 0 spiro atoms. The maximum Gasteiger partial charge on any atom is 0.514 e. The number of amides is 1. The van der Waals surface area contributed by atoms with Gasteiger partial charge < -0.3 is 38.5 Å². The molecule has 1 N–H and O–H groups in total. The Bertz CT molecular complexity index is 1780. The first-order valence-corrected chi connectivity index (χ1v) is 17.5. The number of halogens is 3. The van der Waals surface area contributed by atoms with Gasteiger partial charge in [-0.3, -0.25) is 9.80 Å². The fraction of sp³-hybridized carbons (Fsp3) is 0.514. The number of carbonyl (C=O) groups excluding carboxylic acids is 2. The molecule has 6 rings (SSSR count). The van der Waals surface area contributed by atoms with E-state index in [1.807, 2.05) is 20.9 Å². The lowest BCUT2D eigenvalue weighted by atomic mass is 9.71. The van der Waals surface area contributed by atoms with Crippen LogP contribution in [0.3, 0.4) is 0 Å². The number of nitrogens with one attached hydrogen (secondary N) is 1. The molecule has 1 saturated heterocycles. The summed E-state index contributed by atoms with van der Waals surface area (Å²) in [5, 5.41) is 13.7. The Labute approximate surface area is 311 Å². The van der Waals surface area contributed by atoms with Crippen molar-refractivity contribution in [1.82, 2.24) is 15.1 Å². The second kappa shape index (κ2) is 14.8. The van der Waals surface area contributed by atoms with Crippen LogP contribution in [0.25, 0.3) is 0 Å². The van der Waals surface area contributed by atoms with Gasteiger partial charge in [-0.15, -0.1) is 0 Å². The number of aryl methyl sites for hydroxylation is 1. The van der Waals surface area contributed by atoms with E-state index >= 15 is 0 Å². The molecule has 0 aliphatic carbocycles. The highest BCUT2D eigenvalue weighted by Gasteiger charge is 2.57. The van der Waals surface area contributed by atoms with Crippen molar-refractivity contribution in [3.8, 4) is 29.1 Å². The smallest absolute Gasteiger partial charge is 0.467 e. The normalized spacial score (nSPS) is 23.2. The van der Waals surface area contributed by atoms with Crippen molar-refractivity contribution in [1.29, 1.82) is 5.26 Å². The van der Waals surface area contributed by atoms with Crippen LogP contribution in [0.4, 0.5) is 9.59 Å². The van der Waals surface area contributed by atoms with Gasteiger partial charge in [-0.25, -0.2) is 9.59 Å². The number of likely N-dealkylation sites (N-methyl/N-ethyl adjacent to an activating group) is 1. The van der Waals surface area contributed by atoms with Crippen LogP contribution in [-0.2, 0) is 27.1 Å². The second-order valence-electron chi connectivity index (χ2n) is 12.9. The highest BCUT2D eigenvalue weighted by atomic mass is 35.6. The van der Waals surface area contributed by atoms with Crippen molar-refractivity contribution in [2.24, 2.45) is 0 Å². The maximum absolute atomic E-state index is 13.0. The Morgan fingerprint density at radius 1 is 1.10 bits per heavy atom. The second-order valence-corrected chi connectivity index (χ2v) is 15.4. The lowest BCUT2D eigenvalue weighted by molar-refractivity contribution is -0.0730. The zero-order valence-corrected chi connectivity index (χ0v) is 31.1. The summed E-state index contributed by atoms with van der Waals surface area (Å²) < 4.78 is 38.2. The van der Waals surface area contributed by atoms with E-state index in [0.29, 0.717) is 41.0 Å². The minimum absolute atomic E-state index is 0.0461. The number of piperazine rings is 1. The molecule has 16 heteroatoms. The number of alkyl carbamates (subject to hydrolysis) is 1. The van der Waals surface area contributed by atoms with Gasteiger partial charge in [0, 0.05) is 48.0 Å². The molecule has 5 atom stereocenters. The Morgan fingerprint density at radius 3 is 2.53 bits per heavy atom. The average molecular weight is 766 g/mol. The third kappa shape index (κ3) is 6.86. The number of benzene rings is 2. The van der Waals surface area contributed by atoms with E-state index in [0.717, 1.165) is 28.0 Å². The zero-order valence-electron chi connectivity index (χ0n) is 28.8. The SMILES string of the molecule is C=CCOC(=O)Oc1c(C)c2c(c3c1CC1[C@H]4c5c(cc(C)c(C)c5OCOC)C[C@@H]([C@H](C#N)N1[C@H]3CNC(=O)OCC(Cl)(Cl)Cl)N4C)OCO2. The first-order valence-electron chi connectivity index (χ1n) is 16.3. The Morgan fingerprint density at radius 2 is 1.84 bits per heavy atom. The van der Waals surface area contributed by atoms with Crippen LogP contribution < -0.4 is 24.3 Å². The van der Waals surface area contributed by atoms with E-state index in [1.165, 1.54) is 6.08 Å². The molecule has 0 radical (unpaired) electrons. The van der Waals surface area contributed by atoms with E-state index in [9.17, 15) is 14.9 Å². The Kier molecular flexibility index (Phi) is 10.8. The van der Waals surface area contributed by atoms with Gasteiger partial charge in [0.2, 0.25) is 10.6 Å². The fourth-order valence-electron chi connectivity index (χ4n) is 7.93. The molecule has 0 aromatic heterocycles. The van der Waals surface area contributed by atoms with Crippen molar-refractivity contribution < 1.29 is 42.7 Å². The summed E-state index contributed by atoms with van der Waals surface area (Å²) in [6, 6.07) is 2.49. The van der Waals surface area contributed by atoms with E-state index in [2.05, 4.69) is 33.8 Å². The summed E-state index contributed by atoms with van der Waals surface area (Å²) in [4.78, 5) is 30.3. The minimum atomic E-state index is -1.82. The van der Waals surface area contributed by atoms with Crippen LogP contribution in [0.5, 0.6) is 23.0 Å². The van der Waals surface area contributed by atoms with Gasteiger partial charge in [0.15, 0.2) is 18.3 Å². The highest BCUT2D eigenvalue weighted by molar-refractivity contribution is 6.67. The molecule has 0 saturated carbocycles. The van der Waals surface area contributed by atoms with Crippen LogP contribution in [-0.4, -0.2) is 91.5 Å². The van der Waals surface area contributed by atoms with Crippen LogP contribution >= 0.6 is 34.8 Å². The number of methoxy groups -OCH3 is 1. The van der Waals surface area contributed by atoms with Crippen molar-refractivity contribution >= 4 is 47.1 Å². The quantitative estimate of drug-likeness (QED) is 0.107. The summed E-state index contributed by atoms with van der Waals surface area (Å²) >= 11 is 17.5. The molecule has 4 heterocycles. The Balaban J connectivity index is 1.54. The predicted octanol–water partition coefficient (Wildman–Crippen LogP) is 5.89. The standard InChI is InChI=1S/C35H39Cl3N4O9/c1-7-8-46-34(44)51-29-19(4)31-32(50-16-49-31)27-21(29)11-23-28-26-20(9-17(2)18(3)30(26)48-15-45-6)10-22(41(28)5)24(12-39)42(23)25(27)13-40-33(43)47-14-35(36,37)38/h7,9,22-25,28H,1,8,10-11,13-16H2,2-6H3,(H,40,43)/t22-,23?,24-,25-,28-/m0/s1. The van der Waals surface area contributed by atoms with Gasteiger partial charge in [0.1, 0.15) is 30.8 Å². The third-order valence-corrected chi connectivity index (χ3v) is 10.4. The molecule has 2 aromatic carbocycles. The summed E-state index contributed by atoms with van der Waals surface area (Å²) in [7, 11) is 3.59. The minimum Gasteiger partial charge on any atom is -0.467 e. The average Bonchev–Trinajstić information content (AvgIpc) is 3.58. The number of rotatable bonds is 9. The van der Waals surface area contributed by atoms with Gasteiger partial charge >= 0.3 is 12.2 Å². The van der Waals surface area contributed by atoms with Gasteiger partial charge in [0.05, 0.1) is 18.2 Å². The molecule has 4 aliphatic heterocycles. The molecule has 1 unspecified atom stereocenters. The molecule has 274 valence electrons. The number of hydrogen-bond acceptors (Lipinski definition) is 12. The largest absolute Gasteiger partial charge is 0.514 e. The molecule has 2 aromatic rings. The highest BCUT2D eigenvalue weighted by Crippen LogP contribution is 2.58. The summed E-state index contributed by atoms with van der Waals surface area (Å²) in [6.07, 6.45) is 0.577. The summed E-state index contributed by atoms with van der Waals surface area (Å²) in [6.45, 7) is 8.82. The first-order chi connectivity index (χ1) is 24.3. The monoisotopic (exact) mass is 764 g/mol. The molecule has 51 heavy (non-hydrogen) atoms. The first kappa shape index (κ1) is 37.1. The lowest BCUT2D eigenvalue weighted by Crippen LogP contribution is -2.68. The maximum atomic E-state index is 13.0. The van der Waals surface area contributed by atoms with Gasteiger partial charge in [-0.1, -0.05) is 53.5 Å². The molecule has 1 amide bonds. The van der Waals surface area contributed by atoms with Crippen molar-refractivity contribution in [2.75, 3.05) is 47.5 Å². The number of nitrogens with zero attached hydrogens (tertiary/aromatic N) is 3. The molecule has 4 aliphatic rings. The van der Waals surface area contributed by atoms with E-state index in [-0.39, 0.29) is 44.6 Å². The number of ether oxygens (including phenoxy) is 7. The van der Waals surface area contributed by atoms with Crippen molar-refractivity contribution in [2.45, 2.75) is 67.6 Å². The van der Waals surface area contributed by atoms with Crippen LogP contribution in [0.15, 0.2) is 18.7 Å². The van der Waals surface area contributed by atoms with E-state index in [4.69, 9.17) is 68.0 Å². The van der Waals surface area contributed by atoms with Gasteiger partial charge in [0.25, 0.3) is 0 Å². The molecule has 13 nitrogen and oxygen atoms in total. The lowest BCUT2D eigenvalue weighted by Gasteiger charge is -2.60. The van der Waals surface area contributed by atoms with E-state index < -0.39 is 40.8 Å². The third-order valence-electron chi connectivity index (χ3n) is 10.0. The summed E-state index contributed by atoms with van der Waals surface area (Å²) in [5.74, 6) is 1.79. The summed E-state index contributed by atoms with van der Waals surface area (Å²) in [5.41, 5.74) is 5.91. The van der Waals surface area contributed by atoms with Gasteiger partial charge in [-0.05, 0) is 57.4 Å².